The second-order valence-corrected chi connectivity index (χ2v) is 6.25. The number of methoxy groups -OCH3 is 1. The molecule has 0 spiro atoms. The lowest BCUT2D eigenvalue weighted by Crippen LogP contribution is -2.28. The van der Waals surface area contributed by atoms with Crippen LogP contribution in [-0.2, 0) is 4.79 Å². The zero-order chi connectivity index (χ0) is 21.3. The maximum absolute atomic E-state index is 14.2. The number of fused-ring (bicyclic) bond motifs is 1. The van der Waals surface area contributed by atoms with Crippen LogP contribution in [0.5, 0.6) is 29.1 Å². The zero-order valence-electron chi connectivity index (χ0n) is 14.3. The summed E-state index contributed by atoms with van der Waals surface area (Å²) in [6.07, 6.45) is -5.29. The van der Waals surface area contributed by atoms with E-state index >= 15 is 0 Å². The minimum atomic E-state index is -5.29. The van der Waals surface area contributed by atoms with Gasteiger partial charge in [0.2, 0.25) is 5.88 Å². The predicted octanol–water partition coefficient (Wildman–Crippen LogP) is 4.51. The van der Waals surface area contributed by atoms with Gasteiger partial charge in [0.15, 0.2) is 23.1 Å². The van der Waals surface area contributed by atoms with Crippen LogP contribution in [0.25, 0.3) is 10.9 Å². The molecular formula is C17H9BrF4N2O5. The molecule has 2 aromatic carbocycles. The number of aromatic nitrogens is 2. The van der Waals surface area contributed by atoms with Gasteiger partial charge in [0, 0.05) is 6.07 Å². The number of alkyl halides is 3. The van der Waals surface area contributed by atoms with E-state index in [1.165, 1.54) is 25.3 Å². The Morgan fingerprint density at radius 3 is 2.55 bits per heavy atom. The van der Waals surface area contributed by atoms with Crippen LogP contribution in [0, 0.1) is 5.82 Å². The van der Waals surface area contributed by atoms with Crippen molar-refractivity contribution in [2.24, 2.45) is 0 Å². The summed E-state index contributed by atoms with van der Waals surface area (Å²) in [7, 11) is 1.24. The molecule has 1 heterocycles. The first-order chi connectivity index (χ1) is 13.6. The van der Waals surface area contributed by atoms with Gasteiger partial charge in [0.1, 0.15) is 0 Å². The largest absolute Gasteiger partial charge is 0.504 e. The van der Waals surface area contributed by atoms with E-state index in [2.05, 4.69) is 30.6 Å². The first kappa shape index (κ1) is 20.6. The first-order valence-electron chi connectivity index (χ1n) is 7.59. The third kappa shape index (κ3) is 4.31. The fourth-order valence-electron chi connectivity index (χ4n) is 2.19. The number of ether oxygens (including phenoxy) is 3. The Labute approximate surface area is 168 Å². The SMILES string of the molecule is COc1cc2nc(OC(=O)C(F)(F)F)nc(Oc3cccc(Br)c3F)c2cc1O. The lowest BCUT2D eigenvalue weighted by molar-refractivity contribution is -0.190. The number of phenols is 1. The normalized spacial score (nSPS) is 11.4. The van der Waals surface area contributed by atoms with E-state index in [1.54, 1.807) is 0 Å². The summed E-state index contributed by atoms with van der Waals surface area (Å²) < 4.78 is 66.2. The molecule has 29 heavy (non-hydrogen) atoms. The molecule has 1 aromatic heterocycles. The summed E-state index contributed by atoms with van der Waals surface area (Å²) in [5, 5.41) is 9.96. The number of nitrogens with zero attached hydrogens (tertiary/aromatic N) is 2. The highest BCUT2D eigenvalue weighted by molar-refractivity contribution is 9.10. The summed E-state index contributed by atoms with van der Waals surface area (Å²) in [5.74, 6) is -4.59. The number of phenolic OH excluding ortho intramolecular Hbond substituents is 1. The van der Waals surface area contributed by atoms with Gasteiger partial charge in [0.05, 0.1) is 22.5 Å². The fraction of sp³-hybridized carbons (Fsp3) is 0.118. The second kappa shape index (κ2) is 7.70. The number of carbonyl (C=O) groups excluding carboxylic acids is 1. The number of hydrogen-bond acceptors (Lipinski definition) is 7. The predicted molar refractivity (Wildman–Crippen MR) is 93.6 cm³/mol. The Morgan fingerprint density at radius 2 is 1.90 bits per heavy atom. The standard InChI is InChI=1S/C17H9BrF4N2O5/c1-27-12-6-9-7(5-10(12)25)14(28-11-4-2-3-8(18)13(11)19)24-16(23-9)29-15(26)17(20,21)22/h2-6,25H,1H3. The third-order valence-corrected chi connectivity index (χ3v) is 4.09. The summed E-state index contributed by atoms with van der Waals surface area (Å²) in [6.45, 7) is 0. The van der Waals surface area contributed by atoms with Crippen molar-refractivity contribution in [1.29, 1.82) is 0 Å². The number of halogens is 5. The Morgan fingerprint density at radius 1 is 1.17 bits per heavy atom. The minimum Gasteiger partial charge on any atom is -0.504 e. The molecule has 0 atom stereocenters. The second-order valence-electron chi connectivity index (χ2n) is 5.39. The summed E-state index contributed by atoms with van der Waals surface area (Å²) in [5.41, 5.74) is -0.0926. The van der Waals surface area contributed by atoms with E-state index in [-0.39, 0.29) is 32.6 Å². The fourth-order valence-corrected chi connectivity index (χ4v) is 2.54. The van der Waals surface area contributed by atoms with Crippen LogP contribution in [0.3, 0.4) is 0 Å². The quantitative estimate of drug-likeness (QED) is 0.437. The number of benzene rings is 2. The van der Waals surface area contributed by atoms with Crippen molar-refractivity contribution in [1.82, 2.24) is 9.97 Å². The van der Waals surface area contributed by atoms with Crippen LogP contribution >= 0.6 is 15.9 Å². The number of rotatable bonds is 4. The van der Waals surface area contributed by atoms with Crippen LogP contribution in [0.15, 0.2) is 34.8 Å². The Hall–Kier alpha value is -3.15. The molecule has 0 radical (unpaired) electrons. The van der Waals surface area contributed by atoms with Gasteiger partial charge in [-0.25, -0.2) is 9.18 Å². The van der Waals surface area contributed by atoms with E-state index in [0.717, 1.165) is 12.1 Å². The van der Waals surface area contributed by atoms with Gasteiger partial charge >= 0.3 is 18.2 Å². The molecule has 0 aliphatic carbocycles. The van der Waals surface area contributed by atoms with Gasteiger partial charge in [-0.15, -0.1) is 0 Å². The topological polar surface area (TPSA) is 90.8 Å². The van der Waals surface area contributed by atoms with Crippen LogP contribution in [0.4, 0.5) is 17.6 Å². The molecule has 0 aliphatic rings. The van der Waals surface area contributed by atoms with Crippen LogP contribution in [-0.4, -0.2) is 34.3 Å². The van der Waals surface area contributed by atoms with Gasteiger partial charge in [-0.2, -0.15) is 23.1 Å². The molecule has 3 rings (SSSR count). The number of aromatic hydroxyl groups is 1. The molecule has 0 unspecified atom stereocenters. The zero-order valence-corrected chi connectivity index (χ0v) is 15.8. The lowest BCUT2D eigenvalue weighted by atomic mass is 10.2. The molecule has 0 bridgehead atoms. The maximum atomic E-state index is 14.2. The molecule has 0 fully saturated rings. The summed E-state index contributed by atoms with van der Waals surface area (Å²) >= 11 is 2.97. The van der Waals surface area contributed by atoms with Gasteiger partial charge in [-0.1, -0.05) is 6.07 Å². The van der Waals surface area contributed by atoms with E-state index < -0.39 is 29.9 Å². The van der Waals surface area contributed by atoms with E-state index in [4.69, 9.17) is 9.47 Å². The molecule has 12 heteroatoms. The molecule has 3 aromatic rings. The highest BCUT2D eigenvalue weighted by atomic mass is 79.9. The average Bonchev–Trinajstić information content (AvgIpc) is 2.64. The molecule has 0 amide bonds. The van der Waals surface area contributed by atoms with E-state index in [1.807, 2.05) is 0 Å². The van der Waals surface area contributed by atoms with Crippen molar-refractivity contribution in [3.63, 3.8) is 0 Å². The first-order valence-corrected chi connectivity index (χ1v) is 8.39. The van der Waals surface area contributed by atoms with Crippen LogP contribution in [0.2, 0.25) is 0 Å². The van der Waals surface area contributed by atoms with Crippen molar-refractivity contribution in [3.05, 3.63) is 40.6 Å². The van der Waals surface area contributed by atoms with E-state index in [0.29, 0.717) is 0 Å². The molecule has 0 saturated carbocycles. The third-order valence-electron chi connectivity index (χ3n) is 3.48. The van der Waals surface area contributed by atoms with Crippen molar-refractivity contribution in [2.75, 3.05) is 7.11 Å². The highest BCUT2D eigenvalue weighted by Gasteiger charge is 2.42. The highest BCUT2D eigenvalue weighted by Crippen LogP contribution is 2.38. The van der Waals surface area contributed by atoms with Gasteiger partial charge in [0.25, 0.3) is 0 Å². The maximum Gasteiger partial charge on any atom is 0.491 e. The summed E-state index contributed by atoms with van der Waals surface area (Å²) in [4.78, 5) is 18.4. The Bertz CT molecular complexity index is 1110. The monoisotopic (exact) mass is 476 g/mol. The van der Waals surface area contributed by atoms with Crippen LogP contribution < -0.4 is 14.2 Å². The minimum absolute atomic E-state index is 0.00511. The molecule has 1 N–H and O–H groups in total. The smallest absolute Gasteiger partial charge is 0.491 e. The Balaban J connectivity index is 2.15. The molecular weight excluding hydrogens is 468 g/mol. The molecule has 0 aliphatic heterocycles. The molecule has 0 saturated heterocycles. The van der Waals surface area contributed by atoms with E-state index in [9.17, 15) is 27.5 Å². The van der Waals surface area contributed by atoms with Gasteiger partial charge in [-0.3, -0.25) is 0 Å². The van der Waals surface area contributed by atoms with Gasteiger partial charge in [-0.05, 0) is 34.1 Å². The van der Waals surface area contributed by atoms with Gasteiger partial charge < -0.3 is 19.3 Å². The number of carbonyl (C=O) groups is 1. The lowest BCUT2D eigenvalue weighted by Gasteiger charge is -2.12. The summed E-state index contributed by atoms with van der Waals surface area (Å²) in [6, 6.07) is 5.34. The van der Waals surface area contributed by atoms with Crippen molar-refractivity contribution >= 4 is 32.8 Å². The number of esters is 1. The van der Waals surface area contributed by atoms with Crippen molar-refractivity contribution in [3.8, 4) is 29.1 Å². The van der Waals surface area contributed by atoms with Crippen molar-refractivity contribution in [2.45, 2.75) is 6.18 Å². The van der Waals surface area contributed by atoms with Crippen LogP contribution in [0.1, 0.15) is 0 Å². The van der Waals surface area contributed by atoms with Crippen molar-refractivity contribution < 1.29 is 41.7 Å². The number of hydrogen-bond donors (Lipinski definition) is 1. The molecule has 152 valence electrons. The molecule has 7 nitrogen and oxygen atoms in total. The Kier molecular flexibility index (Phi) is 5.46. The average molecular weight is 477 g/mol.